The largest absolute Gasteiger partial charge is 0.335 e. The molecule has 0 aromatic heterocycles. The van der Waals surface area contributed by atoms with Crippen LogP contribution in [0.4, 0.5) is 5.69 Å². The maximum Gasteiger partial charge on any atom is 0.243 e. The van der Waals surface area contributed by atoms with Gasteiger partial charge in [-0.25, -0.2) is 0 Å². The second-order valence-electron chi connectivity index (χ2n) is 4.49. The first-order chi connectivity index (χ1) is 8.81. The third-order valence-corrected chi connectivity index (χ3v) is 3.10. The number of amides is 2. The van der Waals surface area contributed by atoms with E-state index in [2.05, 4.69) is 21.2 Å². The summed E-state index contributed by atoms with van der Waals surface area (Å²) in [5.41, 5.74) is 7.16. The molecule has 1 rings (SSSR count). The van der Waals surface area contributed by atoms with Crippen LogP contribution in [0.15, 0.2) is 22.7 Å². The zero-order valence-corrected chi connectivity index (χ0v) is 14.0. The van der Waals surface area contributed by atoms with Gasteiger partial charge in [-0.2, -0.15) is 0 Å². The number of carbonyl (C=O) groups excluding carboxylic acids is 2. The molecule has 0 aliphatic carbocycles. The normalized spacial score (nSPS) is 11.2. The lowest BCUT2D eigenvalue weighted by molar-refractivity contribution is -0.134. The Morgan fingerprint density at radius 3 is 2.55 bits per heavy atom. The molecule has 1 aromatic carbocycles. The average Bonchev–Trinajstić information content (AvgIpc) is 2.31. The van der Waals surface area contributed by atoms with Crippen LogP contribution in [0.3, 0.4) is 0 Å². The number of halogens is 2. The number of nitrogens with zero attached hydrogens (tertiary/aromatic N) is 1. The molecule has 0 bridgehead atoms. The van der Waals surface area contributed by atoms with Gasteiger partial charge in [-0.1, -0.05) is 15.9 Å². The van der Waals surface area contributed by atoms with Crippen LogP contribution in [-0.4, -0.2) is 36.3 Å². The zero-order valence-electron chi connectivity index (χ0n) is 11.6. The maximum atomic E-state index is 11.8. The van der Waals surface area contributed by atoms with E-state index in [1.165, 1.54) is 4.90 Å². The predicted octanol–water partition coefficient (Wildman–Crippen LogP) is 1.92. The molecule has 0 fully saturated rings. The molecule has 0 saturated heterocycles. The molecule has 7 heteroatoms. The minimum atomic E-state index is -0.604. The molecule has 2 amide bonds. The molecule has 0 spiro atoms. The molecule has 0 aliphatic rings. The van der Waals surface area contributed by atoms with Gasteiger partial charge in [0.25, 0.3) is 0 Å². The fraction of sp³-hybridized carbons (Fsp3) is 0.385. The number of hydrogen-bond acceptors (Lipinski definition) is 3. The monoisotopic (exact) mass is 363 g/mol. The molecule has 1 atom stereocenters. The Morgan fingerprint density at radius 1 is 1.45 bits per heavy atom. The molecular weight excluding hydrogens is 346 g/mol. The Labute approximate surface area is 133 Å². The smallest absolute Gasteiger partial charge is 0.243 e. The van der Waals surface area contributed by atoms with Crippen molar-refractivity contribution in [1.29, 1.82) is 0 Å². The zero-order chi connectivity index (χ0) is 14.6. The van der Waals surface area contributed by atoms with Gasteiger partial charge in [-0.15, -0.1) is 12.4 Å². The number of anilines is 1. The van der Waals surface area contributed by atoms with Gasteiger partial charge in [0, 0.05) is 17.2 Å². The topological polar surface area (TPSA) is 75.4 Å². The number of carbonyl (C=O) groups is 2. The van der Waals surface area contributed by atoms with Crippen molar-refractivity contribution in [2.45, 2.75) is 19.9 Å². The molecular formula is C13H19BrClN3O2. The van der Waals surface area contributed by atoms with E-state index in [9.17, 15) is 9.59 Å². The van der Waals surface area contributed by atoms with Crippen LogP contribution in [0.5, 0.6) is 0 Å². The second kappa shape index (κ2) is 8.24. The van der Waals surface area contributed by atoms with Crippen LogP contribution in [-0.2, 0) is 9.59 Å². The lowest BCUT2D eigenvalue weighted by Gasteiger charge is -2.19. The Hall–Kier alpha value is -1.11. The van der Waals surface area contributed by atoms with E-state index in [4.69, 9.17) is 5.73 Å². The van der Waals surface area contributed by atoms with Gasteiger partial charge in [0.05, 0.1) is 12.6 Å². The molecule has 20 heavy (non-hydrogen) atoms. The lowest BCUT2D eigenvalue weighted by Crippen LogP contribution is -2.43. The minimum absolute atomic E-state index is 0. The highest BCUT2D eigenvalue weighted by atomic mass is 79.9. The van der Waals surface area contributed by atoms with E-state index in [-0.39, 0.29) is 30.8 Å². The van der Waals surface area contributed by atoms with Crippen molar-refractivity contribution in [2.75, 3.05) is 18.9 Å². The first kappa shape index (κ1) is 18.9. The van der Waals surface area contributed by atoms with Crippen molar-refractivity contribution in [3.05, 3.63) is 28.2 Å². The van der Waals surface area contributed by atoms with Crippen LogP contribution < -0.4 is 11.1 Å². The van der Waals surface area contributed by atoms with Crippen LogP contribution in [0.2, 0.25) is 0 Å². The van der Waals surface area contributed by atoms with E-state index >= 15 is 0 Å². The summed E-state index contributed by atoms with van der Waals surface area (Å²) in [4.78, 5) is 24.7. The quantitative estimate of drug-likeness (QED) is 0.857. The van der Waals surface area contributed by atoms with Crippen LogP contribution in [0.1, 0.15) is 12.5 Å². The number of nitrogens with two attached hydrogens (primary N) is 1. The van der Waals surface area contributed by atoms with Gasteiger partial charge in [-0.3, -0.25) is 9.59 Å². The summed E-state index contributed by atoms with van der Waals surface area (Å²) in [7, 11) is 1.56. The Morgan fingerprint density at radius 2 is 2.05 bits per heavy atom. The van der Waals surface area contributed by atoms with Crippen molar-refractivity contribution in [3.63, 3.8) is 0 Å². The first-order valence-corrected chi connectivity index (χ1v) is 6.67. The third-order valence-electron chi connectivity index (χ3n) is 2.61. The van der Waals surface area contributed by atoms with Gasteiger partial charge >= 0.3 is 0 Å². The Bertz CT molecular complexity index is 495. The van der Waals surface area contributed by atoms with Gasteiger partial charge < -0.3 is 16.0 Å². The summed E-state index contributed by atoms with van der Waals surface area (Å²) in [6.07, 6.45) is 0. The van der Waals surface area contributed by atoms with E-state index in [0.717, 1.165) is 15.7 Å². The number of rotatable bonds is 4. The molecule has 0 radical (unpaired) electrons. The molecule has 5 nitrogen and oxygen atoms in total. The van der Waals surface area contributed by atoms with Gasteiger partial charge in [0.15, 0.2) is 0 Å². The van der Waals surface area contributed by atoms with Crippen molar-refractivity contribution >= 4 is 45.8 Å². The lowest BCUT2D eigenvalue weighted by atomic mass is 10.2. The Balaban J connectivity index is 0.00000361. The van der Waals surface area contributed by atoms with Crippen LogP contribution >= 0.6 is 28.3 Å². The van der Waals surface area contributed by atoms with Crippen molar-refractivity contribution in [2.24, 2.45) is 5.73 Å². The number of benzene rings is 1. The molecule has 1 aromatic rings. The highest BCUT2D eigenvalue weighted by molar-refractivity contribution is 9.10. The summed E-state index contributed by atoms with van der Waals surface area (Å²) >= 11 is 3.36. The number of likely N-dealkylation sites (N-methyl/N-ethyl adjacent to an activating group) is 1. The molecule has 0 unspecified atom stereocenters. The third kappa shape index (κ3) is 5.48. The second-order valence-corrected chi connectivity index (χ2v) is 5.41. The summed E-state index contributed by atoms with van der Waals surface area (Å²) in [5.74, 6) is -0.510. The van der Waals surface area contributed by atoms with E-state index in [1.807, 2.05) is 25.1 Å². The van der Waals surface area contributed by atoms with Crippen molar-refractivity contribution in [1.82, 2.24) is 4.90 Å². The number of hydrogen-bond donors (Lipinski definition) is 2. The number of aryl methyl sites for hydroxylation is 1. The SMILES string of the molecule is Cc1cc(Br)ccc1NC(=O)CN(C)C(=O)[C@@H](C)N.Cl. The van der Waals surface area contributed by atoms with E-state index in [0.29, 0.717) is 0 Å². The predicted molar refractivity (Wildman–Crippen MR) is 86.0 cm³/mol. The van der Waals surface area contributed by atoms with Crippen molar-refractivity contribution in [3.8, 4) is 0 Å². The fourth-order valence-corrected chi connectivity index (χ4v) is 2.07. The van der Waals surface area contributed by atoms with E-state index in [1.54, 1.807) is 14.0 Å². The minimum Gasteiger partial charge on any atom is -0.335 e. The first-order valence-electron chi connectivity index (χ1n) is 5.88. The van der Waals surface area contributed by atoms with Crippen LogP contribution in [0, 0.1) is 6.92 Å². The van der Waals surface area contributed by atoms with E-state index < -0.39 is 6.04 Å². The summed E-state index contributed by atoms with van der Waals surface area (Å²) in [5, 5.41) is 2.77. The summed E-state index contributed by atoms with van der Waals surface area (Å²) in [6.45, 7) is 3.47. The van der Waals surface area contributed by atoms with Crippen molar-refractivity contribution < 1.29 is 9.59 Å². The summed E-state index contributed by atoms with van der Waals surface area (Å²) < 4.78 is 0.951. The highest BCUT2D eigenvalue weighted by Crippen LogP contribution is 2.19. The van der Waals surface area contributed by atoms with Gasteiger partial charge in [0.1, 0.15) is 0 Å². The Kier molecular flexibility index (Phi) is 7.78. The summed E-state index contributed by atoms with van der Waals surface area (Å²) in [6, 6.07) is 4.96. The van der Waals surface area contributed by atoms with Crippen LogP contribution in [0.25, 0.3) is 0 Å². The average molecular weight is 365 g/mol. The maximum absolute atomic E-state index is 11.8. The highest BCUT2D eigenvalue weighted by Gasteiger charge is 2.16. The molecule has 0 saturated carbocycles. The number of nitrogens with one attached hydrogen (secondary N) is 1. The van der Waals surface area contributed by atoms with Gasteiger partial charge in [-0.05, 0) is 37.6 Å². The standard InChI is InChI=1S/C13H18BrN3O2.ClH/c1-8-6-10(14)4-5-11(8)16-12(18)7-17(3)13(19)9(2)15;/h4-6,9H,7,15H2,1-3H3,(H,16,18);1H/t9-;/m1./s1. The molecule has 112 valence electrons. The fourth-order valence-electron chi connectivity index (χ4n) is 1.60. The molecule has 0 aliphatic heterocycles. The van der Waals surface area contributed by atoms with Gasteiger partial charge in [0.2, 0.25) is 11.8 Å². The molecule has 3 N–H and O–H groups in total. The molecule has 0 heterocycles.